The van der Waals surface area contributed by atoms with Crippen LogP contribution in [0.15, 0.2) is 24.3 Å². The van der Waals surface area contributed by atoms with E-state index < -0.39 is 11.4 Å². The SMILES string of the molecule is CCC(CC)(CC(=O)N(C)Cc1cccc(F)c1)C(=O)O. The van der Waals surface area contributed by atoms with Gasteiger partial charge < -0.3 is 10.0 Å². The first-order valence-corrected chi connectivity index (χ1v) is 7.06. The Morgan fingerprint density at radius 3 is 2.38 bits per heavy atom. The number of aliphatic carboxylic acids is 1. The van der Waals surface area contributed by atoms with Crippen LogP contribution in [0.2, 0.25) is 0 Å². The average Bonchev–Trinajstić information content (AvgIpc) is 2.44. The monoisotopic (exact) mass is 295 g/mol. The number of carbonyl (C=O) groups excluding carboxylic acids is 1. The molecular weight excluding hydrogens is 273 g/mol. The van der Waals surface area contributed by atoms with Gasteiger partial charge in [-0.1, -0.05) is 26.0 Å². The van der Waals surface area contributed by atoms with Crippen molar-refractivity contribution in [2.45, 2.75) is 39.7 Å². The van der Waals surface area contributed by atoms with Gasteiger partial charge in [-0.15, -0.1) is 0 Å². The number of carboxylic acids is 1. The molecule has 4 nitrogen and oxygen atoms in total. The van der Waals surface area contributed by atoms with Gasteiger partial charge in [0.2, 0.25) is 5.91 Å². The molecular formula is C16H22FNO3. The standard InChI is InChI=1S/C16H22FNO3/c1-4-16(5-2,15(20)21)10-14(19)18(3)11-12-7-6-8-13(17)9-12/h6-9H,4-5,10-11H2,1-3H3,(H,20,21). The average molecular weight is 295 g/mol. The molecule has 1 aromatic rings. The second-order valence-corrected chi connectivity index (χ2v) is 5.35. The summed E-state index contributed by atoms with van der Waals surface area (Å²) in [5.74, 6) is -1.54. The molecule has 0 aromatic heterocycles. The predicted molar refractivity (Wildman–Crippen MR) is 78.1 cm³/mol. The van der Waals surface area contributed by atoms with Crippen LogP contribution in [-0.2, 0) is 16.1 Å². The first-order chi connectivity index (χ1) is 9.84. The van der Waals surface area contributed by atoms with E-state index in [9.17, 15) is 19.1 Å². The molecule has 1 N–H and O–H groups in total. The van der Waals surface area contributed by atoms with Gasteiger partial charge in [-0.05, 0) is 30.5 Å². The largest absolute Gasteiger partial charge is 0.481 e. The van der Waals surface area contributed by atoms with Crippen LogP contribution in [0, 0.1) is 11.2 Å². The topological polar surface area (TPSA) is 57.6 Å². The molecule has 116 valence electrons. The summed E-state index contributed by atoms with van der Waals surface area (Å²) in [6.07, 6.45) is 0.762. The Balaban J connectivity index is 2.76. The number of carboxylic acid groups (broad SMARTS) is 1. The number of hydrogen-bond acceptors (Lipinski definition) is 2. The molecule has 0 saturated carbocycles. The lowest BCUT2D eigenvalue weighted by atomic mass is 9.79. The number of carbonyl (C=O) groups is 2. The fourth-order valence-corrected chi connectivity index (χ4v) is 2.30. The highest BCUT2D eigenvalue weighted by molar-refractivity contribution is 5.84. The van der Waals surface area contributed by atoms with Crippen LogP contribution < -0.4 is 0 Å². The van der Waals surface area contributed by atoms with Crippen molar-refractivity contribution in [3.8, 4) is 0 Å². The molecule has 0 radical (unpaired) electrons. The normalized spacial score (nSPS) is 11.2. The molecule has 0 aliphatic carbocycles. The molecule has 0 aliphatic heterocycles. The molecule has 0 fully saturated rings. The Kier molecular flexibility index (Phi) is 5.88. The quantitative estimate of drug-likeness (QED) is 0.841. The van der Waals surface area contributed by atoms with Gasteiger partial charge in [-0.25, -0.2) is 4.39 Å². The van der Waals surface area contributed by atoms with Gasteiger partial charge >= 0.3 is 5.97 Å². The van der Waals surface area contributed by atoms with E-state index in [-0.39, 0.29) is 24.7 Å². The summed E-state index contributed by atoms with van der Waals surface area (Å²) in [5, 5.41) is 9.36. The van der Waals surface area contributed by atoms with Crippen molar-refractivity contribution in [1.82, 2.24) is 4.90 Å². The van der Waals surface area contributed by atoms with Crippen molar-refractivity contribution in [1.29, 1.82) is 0 Å². The fourth-order valence-electron chi connectivity index (χ4n) is 2.30. The van der Waals surface area contributed by atoms with Gasteiger partial charge in [0, 0.05) is 20.0 Å². The van der Waals surface area contributed by atoms with Crippen LogP contribution in [-0.4, -0.2) is 28.9 Å². The van der Waals surface area contributed by atoms with Crippen molar-refractivity contribution in [2.24, 2.45) is 5.41 Å². The maximum Gasteiger partial charge on any atom is 0.310 e. The molecule has 0 heterocycles. The third kappa shape index (κ3) is 4.28. The van der Waals surface area contributed by atoms with Gasteiger partial charge in [0.25, 0.3) is 0 Å². The van der Waals surface area contributed by atoms with E-state index in [1.165, 1.54) is 17.0 Å². The Bertz CT molecular complexity index is 512. The lowest BCUT2D eigenvalue weighted by molar-refractivity contribution is -0.154. The lowest BCUT2D eigenvalue weighted by Crippen LogP contribution is -2.37. The second-order valence-electron chi connectivity index (χ2n) is 5.35. The number of halogens is 1. The van der Waals surface area contributed by atoms with Crippen LogP contribution in [0.1, 0.15) is 38.7 Å². The van der Waals surface area contributed by atoms with E-state index in [1.54, 1.807) is 33.0 Å². The zero-order valence-corrected chi connectivity index (χ0v) is 12.7. The lowest BCUT2D eigenvalue weighted by Gasteiger charge is -2.28. The zero-order valence-electron chi connectivity index (χ0n) is 12.7. The smallest absolute Gasteiger partial charge is 0.310 e. The molecule has 21 heavy (non-hydrogen) atoms. The Morgan fingerprint density at radius 2 is 1.90 bits per heavy atom. The van der Waals surface area contributed by atoms with Crippen molar-refractivity contribution < 1.29 is 19.1 Å². The van der Waals surface area contributed by atoms with Crippen LogP contribution in [0.3, 0.4) is 0 Å². The van der Waals surface area contributed by atoms with Gasteiger partial charge in [-0.2, -0.15) is 0 Å². The summed E-state index contributed by atoms with van der Waals surface area (Å²) in [6, 6.07) is 6.03. The minimum Gasteiger partial charge on any atom is -0.481 e. The van der Waals surface area contributed by atoms with E-state index >= 15 is 0 Å². The number of hydrogen-bond donors (Lipinski definition) is 1. The molecule has 0 spiro atoms. The molecule has 1 amide bonds. The molecule has 0 saturated heterocycles. The van der Waals surface area contributed by atoms with Gasteiger partial charge in [0.1, 0.15) is 5.82 Å². The zero-order chi connectivity index (χ0) is 16.0. The first kappa shape index (κ1) is 17.1. The van der Waals surface area contributed by atoms with Crippen molar-refractivity contribution in [2.75, 3.05) is 7.05 Å². The Hall–Kier alpha value is -1.91. The highest BCUT2D eigenvalue weighted by Gasteiger charge is 2.37. The van der Waals surface area contributed by atoms with Crippen molar-refractivity contribution in [3.63, 3.8) is 0 Å². The third-order valence-electron chi connectivity index (χ3n) is 4.03. The number of rotatable bonds is 7. The molecule has 0 aliphatic rings. The summed E-state index contributed by atoms with van der Waals surface area (Å²) in [7, 11) is 1.60. The minimum absolute atomic E-state index is 0.0405. The summed E-state index contributed by atoms with van der Waals surface area (Å²) >= 11 is 0. The highest BCUT2D eigenvalue weighted by Crippen LogP contribution is 2.31. The number of nitrogens with zero attached hydrogens (tertiary/aromatic N) is 1. The second kappa shape index (κ2) is 7.20. The van der Waals surface area contributed by atoms with Gasteiger partial charge in [-0.3, -0.25) is 9.59 Å². The van der Waals surface area contributed by atoms with Crippen LogP contribution >= 0.6 is 0 Å². The highest BCUT2D eigenvalue weighted by atomic mass is 19.1. The minimum atomic E-state index is -1.02. The Labute approximate surface area is 124 Å². The van der Waals surface area contributed by atoms with Crippen LogP contribution in [0.4, 0.5) is 4.39 Å². The van der Waals surface area contributed by atoms with Crippen molar-refractivity contribution >= 4 is 11.9 Å². The molecule has 5 heteroatoms. The molecule has 0 atom stereocenters. The number of benzene rings is 1. The molecule has 0 bridgehead atoms. The maximum absolute atomic E-state index is 13.1. The molecule has 0 unspecified atom stereocenters. The van der Waals surface area contributed by atoms with E-state index in [0.29, 0.717) is 18.4 Å². The molecule has 1 aromatic carbocycles. The van der Waals surface area contributed by atoms with Gasteiger partial charge in [0.05, 0.1) is 5.41 Å². The van der Waals surface area contributed by atoms with E-state index in [0.717, 1.165) is 0 Å². The van der Waals surface area contributed by atoms with Gasteiger partial charge in [0.15, 0.2) is 0 Å². The summed E-state index contributed by atoms with van der Waals surface area (Å²) in [6.45, 7) is 3.81. The number of amides is 1. The Morgan fingerprint density at radius 1 is 1.29 bits per heavy atom. The van der Waals surface area contributed by atoms with E-state index in [2.05, 4.69) is 0 Å². The molecule has 1 rings (SSSR count). The van der Waals surface area contributed by atoms with E-state index in [4.69, 9.17) is 0 Å². The maximum atomic E-state index is 13.1. The predicted octanol–water partition coefficient (Wildman–Crippen LogP) is 3.07. The van der Waals surface area contributed by atoms with Crippen LogP contribution in [0.25, 0.3) is 0 Å². The summed E-state index contributed by atoms with van der Waals surface area (Å²) in [4.78, 5) is 25.1. The van der Waals surface area contributed by atoms with E-state index in [1.807, 2.05) is 0 Å². The fraction of sp³-hybridized carbons (Fsp3) is 0.500. The van der Waals surface area contributed by atoms with Crippen molar-refractivity contribution in [3.05, 3.63) is 35.6 Å². The summed E-state index contributed by atoms with van der Waals surface area (Å²) < 4.78 is 13.1. The summed E-state index contributed by atoms with van der Waals surface area (Å²) in [5.41, 5.74) is -0.340. The first-order valence-electron chi connectivity index (χ1n) is 7.06. The third-order valence-corrected chi connectivity index (χ3v) is 4.03. The van der Waals surface area contributed by atoms with Crippen LogP contribution in [0.5, 0.6) is 0 Å².